The van der Waals surface area contributed by atoms with Crippen molar-refractivity contribution < 1.29 is 20.1 Å². The first-order chi connectivity index (χ1) is 14.7. The summed E-state index contributed by atoms with van der Waals surface area (Å²) in [5.74, 6) is 1.09. The lowest BCUT2D eigenvalue weighted by atomic mass is 9.57. The number of hydrogen-bond donors (Lipinski definition) is 4. The van der Waals surface area contributed by atoms with E-state index in [4.69, 9.17) is 4.74 Å². The maximum absolute atomic E-state index is 10.7. The molecule has 5 heteroatoms. The van der Waals surface area contributed by atoms with E-state index < -0.39 is 5.60 Å². The number of aliphatic hydroxyl groups excluding tert-OH is 1. The number of aromatic hydroxyl groups is 2. The van der Waals surface area contributed by atoms with E-state index in [2.05, 4.69) is 31.8 Å². The van der Waals surface area contributed by atoms with Crippen LogP contribution >= 0.6 is 0 Å². The van der Waals surface area contributed by atoms with Gasteiger partial charge < -0.3 is 25.0 Å². The van der Waals surface area contributed by atoms with E-state index in [1.807, 2.05) is 24.3 Å². The van der Waals surface area contributed by atoms with E-state index in [0.29, 0.717) is 12.2 Å². The molecule has 0 bridgehead atoms. The fourth-order valence-electron chi connectivity index (χ4n) is 5.56. The van der Waals surface area contributed by atoms with Crippen LogP contribution in [0.3, 0.4) is 0 Å². The average molecular weight is 420 g/mol. The van der Waals surface area contributed by atoms with Crippen LogP contribution < -0.4 is 4.74 Å². The lowest BCUT2D eigenvalue weighted by molar-refractivity contribution is -0.138. The molecule has 3 atom stereocenters. The van der Waals surface area contributed by atoms with Crippen molar-refractivity contribution in [2.45, 2.75) is 51.7 Å². The molecule has 1 saturated carbocycles. The summed E-state index contributed by atoms with van der Waals surface area (Å²) in [4.78, 5) is 3.12. The summed E-state index contributed by atoms with van der Waals surface area (Å²) in [5, 5.41) is 32.3. The van der Waals surface area contributed by atoms with E-state index in [0.717, 1.165) is 40.4 Å². The molecule has 1 fully saturated rings. The Bertz CT molecular complexity index is 1190. The van der Waals surface area contributed by atoms with Crippen LogP contribution in [0.2, 0.25) is 0 Å². The monoisotopic (exact) mass is 419 g/mol. The van der Waals surface area contributed by atoms with Gasteiger partial charge in [-0.15, -0.1) is 0 Å². The van der Waals surface area contributed by atoms with Gasteiger partial charge in [0.1, 0.15) is 11.4 Å². The van der Waals surface area contributed by atoms with Gasteiger partial charge in [0.2, 0.25) is 0 Å². The molecule has 4 N–H and O–H groups in total. The maximum atomic E-state index is 10.7. The smallest absolute Gasteiger partial charge is 0.164 e. The summed E-state index contributed by atoms with van der Waals surface area (Å²) in [7, 11) is 0. The van der Waals surface area contributed by atoms with Gasteiger partial charge in [-0.25, -0.2) is 0 Å². The number of aromatic nitrogens is 1. The summed E-state index contributed by atoms with van der Waals surface area (Å²) in [6.07, 6.45) is 7.52. The Morgan fingerprint density at radius 3 is 2.52 bits per heavy atom. The van der Waals surface area contributed by atoms with Gasteiger partial charge in [0.25, 0.3) is 0 Å². The van der Waals surface area contributed by atoms with E-state index in [1.54, 1.807) is 18.3 Å². The second-order valence-electron chi connectivity index (χ2n) is 9.89. The Kier molecular flexibility index (Phi) is 4.38. The quantitative estimate of drug-likeness (QED) is 0.428. The summed E-state index contributed by atoms with van der Waals surface area (Å²) in [6, 6.07) is 9.32. The highest BCUT2D eigenvalue weighted by Crippen LogP contribution is 2.54. The fourth-order valence-corrected chi connectivity index (χ4v) is 5.56. The zero-order valence-electron chi connectivity index (χ0n) is 18.1. The highest BCUT2D eigenvalue weighted by atomic mass is 16.5. The zero-order chi connectivity index (χ0) is 22.0. The molecule has 0 radical (unpaired) electrons. The molecule has 3 aromatic rings. The molecule has 2 heterocycles. The Morgan fingerprint density at radius 2 is 1.74 bits per heavy atom. The minimum Gasteiger partial charge on any atom is -0.507 e. The first-order valence-corrected chi connectivity index (χ1v) is 10.9. The molecule has 5 nitrogen and oxygen atoms in total. The van der Waals surface area contributed by atoms with Crippen LogP contribution in [0, 0.1) is 11.3 Å². The number of phenolic OH excluding ortho intramolecular Hbond substituents is 2. The number of hydrogen-bond acceptors (Lipinski definition) is 4. The molecule has 5 rings (SSSR count). The number of rotatable bonds is 2. The van der Waals surface area contributed by atoms with Gasteiger partial charge in [-0.3, -0.25) is 0 Å². The summed E-state index contributed by atoms with van der Waals surface area (Å²) < 4.78 is 6.39. The average Bonchev–Trinajstić information content (AvgIpc) is 3.19. The topological polar surface area (TPSA) is 85.7 Å². The standard InChI is InChI=1S/C26H29NO4/c1-25(2)22-14-17-10-15(4-5-16-11-19-18(7-9-27-19)20(28)12-16)13-21(29)24(17)31-26(22,3)8-6-23(25)30/h4-5,7,9-13,22-23,27-30H,6,8,14H2,1-3H3/t22-,23-,26-/m1/s1. The predicted molar refractivity (Wildman–Crippen MR) is 122 cm³/mol. The van der Waals surface area contributed by atoms with E-state index in [-0.39, 0.29) is 28.9 Å². The molecular weight excluding hydrogens is 390 g/mol. The summed E-state index contributed by atoms with van der Waals surface area (Å²) >= 11 is 0. The van der Waals surface area contributed by atoms with Gasteiger partial charge in [-0.2, -0.15) is 0 Å². The highest BCUT2D eigenvalue weighted by Gasteiger charge is 2.54. The van der Waals surface area contributed by atoms with Gasteiger partial charge in [0.15, 0.2) is 11.5 Å². The predicted octanol–water partition coefficient (Wildman–Crippen LogP) is 5.24. The van der Waals surface area contributed by atoms with Crippen molar-refractivity contribution >= 4 is 23.1 Å². The van der Waals surface area contributed by atoms with Crippen molar-refractivity contribution in [3.8, 4) is 17.2 Å². The van der Waals surface area contributed by atoms with Gasteiger partial charge in [-0.1, -0.05) is 26.0 Å². The first kappa shape index (κ1) is 20.0. The van der Waals surface area contributed by atoms with Gasteiger partial charge >= 0.3 is 0 Å². The lowest BCUT2D eigenvalue weighted by Gasteiger charge is -2.55. The number of aliphatic hydroxyl groups is 1. The van der Waals surface area contributed by atoms with Gasteiger partial charge in [0, 0.05) is 23.0 Å². The zero-order valence-corrected chi connectivity index (χ0v) is 18.1. The largest absolute Gasteiger partial charge is 0.507 e. The Hall–Kier alpha value is -2.92. The number of H-pyrrole nitrogens is 1. The third-order valence-corrected chi connectivity index (χ3v) is 7.47. The molecule has 0 unspecified atom stereocenters. The number of fused-ring (bicyclic) bond motifs is 3. The van der Waals surface area contributed by atoms with E-state index >= 15 is 0 Å². The van der Waals surface area contributed by atoms with Crippen LogP contribution in [-0.2, 0) is 6.42 Å². The Morgan fingerprint density at radius 1 is 1.03 bits per heavy atom. The van der Waals surface area contributed by atoms with Crippen molar-refractivity contribution in [3.05, 3.63) is 53.2 Å². The van der Waals surface area contributed by atoms with E-state index in [1.165, 1.54) is 0 Å². The summed E-state index contributed by atoms with van der Waals surface area (Å²) in [6.45, 7) is 6.33. The van der Waals surface area contributed by atoms with Crippen LogP contribution in [0.25, 0.3) is 23.1 Å². The molecule has 1 aliphatic heterocycles. The van der Waals surface area contributed by atoms with Crippen molar-refractivity contribution in [1.82, 2.24) is 4.98 Å². The van der Waals surface area contributed by atoms with Crippen LogP contribution in [0.15, 0.2) is 36.5 Å². The SMILES string of the molecule is CC1(C)[C@H](O)CC[C@@]2(C)Oc3c(O)cc(C=Cc4cc(O)c5cc[nH]c5c4)cc3C[C@H]12. The number of aromatic amines is 1. The van der Waals surface area contributed by atoms with Crippen molar-refractivity contribution in [2.75, 3.05) is 0 Å². The van der Waals surface area contributed by atoms with Gasteiger partial charge in [0.05, 0.1) is 6.10 Å². The molecule has 1 aromatic heterocycles. The third kappa shape index (κ3) is 3.19. The number of benzene rings is 2. The maximum Gasteiger partial charge on any atom is 0.164 e. The molecule has 0 saturated heterocycles. The molecule has 2 aromatic carbocycles. The molecule has 0 amide bonds. The van der Waals surface area contributed by atoms with Crippen molar-refractivity contribution in [2.24, 2.45) is 11.3 Å². The van der Waals surface area contributed by atoms with Crippen LogP contribution in [0.5, 0.6) is 17.2 Å². The molecule has 1 aliphatic carbocycles. The first-order valence-electron chi connectivity index (χ1n) is 10.9. The molecule has 0 spiro atoms. The highest BCUT2D eigenvalue weighted by molar-refractivity contribution is 5.89. The van der Waals surface area contributed by atoms with Crippen LogP contribution in [0.1, 0.15) is 50.3 Å². The number of phenols is 2. The Balaban J connectivity index is 1.49. The number of nitrogens with one attached hydrogen (secondary N) is 1. The van der Waals surface area contributed by atoms with E-state index in [9.17, 15) is 15.3 Å². The normalized spacial score (nSPS) is 27.1. The van der Waals surface area contributed by atoms with Crippen LogP contribution in [-0.4, -0.2) is 32.0 Å². The van der Waals surface area contributed by atoms with Crippen LogP contribution in [0.4, 0.5) is 0 Å². The second-order valence-corrected chi connectivity index (χ2v) is 9.89. The fraction of sp³-hybridized carbons (Fsp3) is 0.385. The number of ether oxygens (including phenoxy) is 1. The third-order valence-electron chi connectivity index (χ3n) is 7.47. The second kappa shape index (κ2) is 6.79. The Labute approximate surface area is 182 Å². The molecular formula is C26H29NO4. The molecule has 2 aliphatic rings. The summed E-state index contributed by atoms with van der Waals surface area (Å²) in [5.41, 5.74) is 2.90. The minimum absolute atomic E-state index is 0.142. The minimum atomic E-state index is -0.395. The van der Waals surface area contributed by atoms with Gasteiger partial charge in [-0.05, 0) is 78.6 Å². The van der Waals surface area contributed by atoms with Crippen molar-refractivity contribution in [3.63, 3.8) is 0 Å². The lowest BCUT2D eigenvalue weighted by Crippen LogP contribution is -2.58. The van der Waals surface area contributed by atoms with Crippen molar-refractivity contribution in [1.29, 1.82) is 0 Å². The molecule has 31 heavy (non-hydrogen) atoms. The molecule has 162 valence electrons.